The van der Waals surface area contributed by atoms with Crippen molar-refractivity contribution in [2.75, 3.05) is 11.9 Å². The Kier molecular flexibility index (Phi) is 9.09. The van der Waals surface area contributed by atoms with E-state index in [-0.39, 0.29) is 30.7 Å². The lowest BCUT2D eigenvalue weighted by molar-refractivity contribution is -0.116. The lowest BCUT2D eigenvalue weighted by atomic mass is 10.2. The monoisotopic (exact) mass is 331 g/mol. The van der Waals surface area contributed by atoms with E-state index in [1.807, 2.05) is 12.1 Å². The Morgan fingerprint density at radius 3 is 2.71 bits per heavy atom. The first-order valence-corrected chi connectivity index (χ1v) is 6.83. The molecule has 4 nitrogen and oxygen atoms in total. The molecular formula is C15H23Cl2N3O. The fraction of sp³-hybridized carbons (Fsp3) is 0.400. The molecule has 0 spiro atoms. The number of halogens is 2. The Labute approximate surface area is 137 Å². The standard InChI is InChI=1S/C15H21N3O.2ClH/c1-2-9-18-10-7-12-11-13(5-6-14(12)18)17-15(19)4-3-8-16;;/h5-7,10-11H,2-4,8-9,16H2,1H3,(H,17,19);2*1H. The van der Waals surface area contributed by atoms with Crippen molar-refractivity contribution in [3.63, 3.8) is 0 Å². The zero-order valence-electron chi connectivity index (χ0n) is 12.2. The van der Waals surface area contributed by atoms with Crippen molar-refractivity contribution in [1.29, 1.82) is 0 Å². The Morgan fingerprint density at radius 1 is 1.29 bits per heavy atom. The Hall–Kier alpha value is -1.23. The number of carbonyl (C=O) groups is 1. The van der Waals surface area contributed by atoms with E-state index in [1.54, 1.807) is 0 Å². The average Bonchev–Trinajstić information content (AvgIpc) is 2.79. The molecule has 2 rings (SSSR count). The van der Waals surface area contributed by atoms with Crippen molar-refractivity contribution >= 4 is 47.3 Å². The molecule has 2 aromatic rings. The number of benzene rings is 1. The third-order valence-corrected chi connectivity index (χ3v) is 3.13. The predicted molar refractivity (Wildman–Crippen MR) is 93.6 cm³/mol. The summed E-state index contributed by atoms with van der Waals surface area (Å²) in [5.74, 6) is 0.0257. The van der Waals surface area contributed by atoms with E-state index in [1.165, 1.54) is 5.52 Å². The van der Waals surface area contributed by atoms with E-state index in [0.717, 1.165) is 30.5 Å². The number of hydrogen-bond donors (Lipinski definition) is 2. The second kappa shape index (κ2) is 9.66. The van der Waals surface area contributed by atoms with Crippen molar-refractivity contribution in [2.24, 2.45) is 5.73 Å². The maximum Gasteiger partial charge on any atom is 0.224 e. The summed E-state index contributed by atoms with van der Waals surface area (Å²) >= 11 is 0. The van der Waals surface area contributed by atoms with E-state index >= 15 is 0 Å². The van der Waals surface area contributed by atoms with Gasteiger partial charge in [-0.05, 0) is 43.7 Å². The number of rotatable bonds is 6. The van der Waals surface area contributed by atoms with Crippen LogP contribution in [-0.2, 0) is 11.3 Å². The fourth-order valence-corrected chi connectivity index (χ4v) is 2.20. The van der Waals surface area contributed by atoms with Crippen molar-refractivity contribution in [2.45, 2.75) is 32.7 Å². The quantitative estimate of drug-likeness (QED) is 0.849. The third-order valence-electron chi connectivity index (χ3n) is 3.13. The average molecular weight is 332 g/mol. The first-order chi connectivity index (χ1) is 9.24. The Balaban J connectivity index is 0.00000200. The van der Waals surface area contributed by atoms with E-state index in [4.69, 9.17) is 5.73 Å². The normalized spacial score (nSPS) is 9.81. The van der Waals surface area contributed by atoms with Crippen LogP contribution < -0.4 is 11.1 Å². The maximum atomic E-state index is 11.6. The topological polar surface area (TPSA) is 60.0 Å². The van der Waals surface area contributed by atoms with Crippen molar-refractivity contribution < 1.29 is 4.79 Å². The summed E-state index contributed by atoms with van der Waals surface area (Å²) in [6, 6.07) is 8.11. The summed E-state index contributed by atoms with van der Waals surface area (Å²) in [6.07, 6.45) is 4.40. The van der Waals surface area contributed by atoms with Gasteiger partial charge in [0.15, 0.2) is 0 Å². The molecule has 0 saturated carbocycles. The lowest BCUT2D eigenvalue weighted by Gasteiger charge is -2.06. The number of fused-ring (bicyclic) bond motifs is 1. The van der Waals surface area contributed by atoms with Crippen LogP contribution in [0.4, 0.5) is 5.69 Å². The summed E-state index contributed by atoms with van der Waals surface area (Å²) in [7, 11) is 0. The number of nitrogens with one attached hydrogen (secondary N) is 1. The molecule has 1 aromatic heterocycles. The minimum absolute atomic E-state index is 0. The van der Waals surface area contributed by atoms with Gasteiger partial charge in [0.2, 0.25) is 5.91 Å². The second-order valence-corrected chi connectivity index (χ2v) is 4.72. The molecule has 0 aliphatic heterocycles. The first-order valence-electron chi connectivity index (χ1n) is 6.83. The summed E-state index contributed by atoms with van der Waals surface area (Å²) in [6.45, 7) is 3.73. The third kappa shape index (κ3) is 5.23. The van der Waals surface area contributed by atoms with Gasteiger partial charge in [-0.25, -0.2) is 0 Å². The van der Waals surface area contributed by atoms with Crippen LogP contribution in [0, 0.1) is 0 Å². The molecule has 0 aliphatic rings. The van der Waals surface area contributed by atoms with Crippen LogP contribution in [0.25, 0.3) is 10.9 Å². The van der Waals surface area contributed by atoms with Crippen LogP contribution in [0.3, 0.4) is 0 Å². The summed E-state index contributed by atoms with van der Waals surface area (Å²) in [5.41, 5.74) is 7.45. The summed E-state index contributed by atoms with van der Waals surface area (Å²) in [5, 5.41) is 4.06. The zero-order chi connectivity index (χ0) is 13.7. The largest absolute Gasteiger partial charge is 0.347 e. The van der Waals surface area contributed by atoms with Crippen LogP contribution in [-0.4, -0.2) is 17.0 Å². The Bertz CT molecular complexity index is 569. The van der Waals surface area contributed by atoms with Crippen molar-refractivity contribution in [1.82, 2.24) is 4.57 Å². The smallest absolute Gasteiger partial charge is 0.224 e. The SMILES string of the molecule is CCCn1ccc2cc(NC(=O)CCCN)ccc21.Cl.Cl. The summed E-state index contributed by atoms with van der Waals surface area (Å²) in [4.78, 5) is 11.6. The van der Waals surface area contributed by atoms with Gasteiger partial charge in [0.05, 0.1) is 0 Å². The maximum absolute atomic E-state index is 11.6. The van der Waals surface area contributed by atoms with E-state index in [2.05, 4.69) is 35.1 Å². The van der Waals surface area contributed by atoms with Crippen LogP contribution >= 0.6 is 24.8 Å². The van der Waals surface area contributed by atoms with Crippen LogP contribution in [0.1, 0.15) is 26.2 Å². The van der Waals surface area contributed by atoms with Gasteiger partial charge in [-0.15, -0.1) is 24.8 Å². The zero-order valence-corrected chi connectivity index (χ0v) is 13.8. The molecule has 3 N–H and O–H groups in total. The molecule has 1 aromatic carbocycles. The number of amides is 1. The molecule has 1 heterocycles. The molecule has 0 radical (unpaired) electrons. The molecule has 21 heavy (non-hydrogen) atoms. The highest BCUT2D eigenvalue weighted by Gasteiger charge is 2.04. The van der Waals surface area contributed by atoms with Crippen LogP contribution in [0.15, 0.2) is 30.5 Å². The van der Waals surface area contributed by atoms with Crippen LogP contribution in [0.2, 0.25) is 0 Å². The van der Waals surface area contributed by atoms with E-state index in [0.29, 0.717) is 13.0 Å². The number of nitrogens with two attached hydrogens (primary N) is 1. The molecule has 0 unspecified atom stereocenters. The molecular weight excluding hydrogens is 309 g/mol. The fourth-order valence-electron chi connectivity index (χ4n) is 2.20. The number of aryl methyl sites for hydroxylation is 1. The van der Waals surface area contributed by atoms with Gasteiger partial charge < -0.3 is 15.6 Å². The van der Waals surface area contributed by atoms with E-state index < -0.39 is 0 Å². The van der Waals surface area contributed by atoms with Gasteiger partial charge in [-0.1, -0.05) is 6.92 Å². The molecule has 0 bridgehead atoms. The van der Waals surface area contributed by atoms with Crippen molar-refractivity contribution in [3.8, 4) is 0 Å². The van der Waals surface area contributed by atoms with Crippen molar-refractivity contribution in [3.05, 3.63) is 30.5 Å². The van der Waals surface area contributed by atoms with Gasteiger partial charge in [-0.3, -0.25) is 4.79 Å². The minimum Gasteiger partial charge on any atom is -0.347 e. The highest BCUT2D eigenvalue weighted by molar-refractivity contribution is 5.93. The highest BCUT2D eigenvalue weighted by Crippen LogP contribution is 2.21. The molecule has 0 fully saturated rings. The molecule has 6 heteroatoms. The Morgan fingerprint density at radius 2 is 2.05 bits per heavy atom. The number of anilines is 1. The van der Waals surface area contributed by atoms with Crippen LogP contribution in [0.5, 0.6) is 0 Å². The van der Waals surface area contributed by atoms with Gasteiger partial charge in [-0.2, -0.15) is 0 Å². The second-order valence-electron chi connectivity index (χ2n) is 4.72. The molecule has 0 saturated heterocycles. The van der Waals surface area contributed by atoms with E-state index in [9.17, 15) is 4.79 Å². The molecule has 0 atom stereocenters. The number of nitrogens with zero attached hydrogens (tertiary/aromatic N) is 1. The van der Waals surface area contributed by atoms with Gasteiger partial charge >= 0.3 is 0 Å². The number of aromatic nitrogens is 1. The highest BCUT2D eigenvalue weighted by atomic mass is 35.5. The lowest BCUT2D eigenvalue weighted by Crippen LogP contribution is -2.13. The number of hydrogen-bond acceptors (Lipinski definition) is 2. The molecule has 118 valence electrons. The summed E-state index contributed by atoms with van der Waals surface area (Å²) < 4.78 is 2.23. The van der Waals surface area contributed by atoms with Gasteiger partial charge in [0.1, 0.15) is 0 Å². The van der Waals surface area contributed by atoms with Gasteiger partial charge in [0, 0.05) is 35.8 Å². The van der Waals surface area contributed by atoms with Gasteiger partial charge in [0.25, 0.3) is 0 Å². The first kappa shape index (κ1) is 19.8. The number of carbonyl (C=O) groups excluding carboxylic acids is 1. The molecule has 1 amide bonds. The predicted octanol–water partition coefficient (Wildman–Crippen LogP) is 3.57. The minimum atomic E-state index is 0. The molecule has 0 aliphatic carbocycles.